The van der Waals surface area contributed by atoms with Crippen molar-refractivity contribution in [2.75, 3.05) is 31.4 Å². The zero-order chi connectivity index (χ0) is 24.4. The average Bonchev–Trinajstić information content (AvgIpc) is 2.83. The Kier molecular flexibility index (Phi) is 6.63. The van der Waals surface area contributed by atoms with Crippen LogP contribution in [0.5, 0.6) is 0 Å². The van der Waals surface area contributed by atoms with Crippen LogP contribution < -0.4 is 10.2 Å². The fraction of sp³-hybridized carbons (Fsp3) is 0.464. The first-order chi connectivity index (χ1) is 16.2. The van der Waals surface area contributed by atoms with E-state index >= 15 is 0 Å². The van der Waals surface area contributed by atoms with Gasteiger partial charge in [0, 0.05) is 18.1 Å². The van der Waals surface area contributed by atoms with E-state index in [1.54, 1.807) is 6.33 Å². The van der Waals surface area contributed by atoms with Crippen LogP contribution in [0.25, 0.3) is 0 Å². The molecule has 1 aliphatic carbocycles. The van der Waals surface area contributed by atoms with E-state index in [0.717, 1.165) is 25.7 Å². The molecule has 1 N–H and O–H groups in total. The quantitative estimate of drug-likeness (QED) is 0.530. The van der Waals surface area contributed by atoms with E-state index in [1.165, 1.54) is 11.1 Å². The lowest BCUT2D eigenvalue weighted by Gasteiger charge is -2.53. The van der Waals surface area contributed by atoms with Crippen molar-refractivity contribution in [1.82, 2.24) is 19.9 Å². The molecule has 180 valence electrons. The molecule has 4 rings (SSSR count). The molecule has 1 aromatic heterocycles. The molecule has 6 heteroatoms. The SMILES string of the molecule is CN(C)C1(c2ccccc2)CCC(c2ccccc2)(N(C)c2ncnc(NC(C)(C)C)n2)CC1. The minimum atomic E-state index is -0.199. The molecule has 1 aliphatic rings. The molecule has 34 heavy (non-hydrogen) atoms. The minimum absolute atomic E-state index is 0.0123. The Morgan fingerprint density at radius 3 is 1.74 bits per heavy atom. The minimum Gasteiger partial charge on any atom is -0.349 e. The third-order valence-corrected chi connectivity index (χ3v) is 7.37. The van der Waals surface area contributed by atoms with Crippen LogP contribution in [-0.2, 0) is 11.1 Å². The monoisotopic (exact) mass is 458 g/mol. The highest BCUT2D eigenvalue weighted by Crippen LogP contribution is 2.51. The van der Waals surface area contributed by atoms with Gasteiger partial charge in [0.05, 0.1) is 5.54 Å². The summed E-state index contributed by atoms with van der Waals surface area (Å²) < 4.78 is 0. The number of hydrogen-bond donors (Lipinski definition) is 1. The summed E-state index contributed by atoms with van der Waals surface area (Å²) in [6, 6.07) is 21.8. The summed E-state index contributed by atoms with van der Waals surface area (Å²) in [4.78, 5) is 18.5. The highest BCUT2D eigenvalue weighted by molar-refractivity contribution is 5.44. The van der Waals surface area contributed by atoms with Crippen molar-refractivity contribution < 1.29 is 0 Å². The zero-order valence-electron chi connectivity index (χ0n) is 21.4. The molecule has 6 nitrogen and oxygen atoms in total. The Morgan fingerprint density at radius 1 is 0.735 bits per heavy atom. The van der Waals surface area contributed by atoms with Crippen molar-refractivity contribution in [2.24, 2.45) is 0 Å². The van der Waals surface area contributed by atoms with Gasteiger partial charge in [-0.3, -0.25) is 4.90 Å². The maximum Gasteiger partial charge on any atom is 0.230 e. The van der Waals surface area contributed by atoms with Crippen LogP contribution in [0.15, 0.2) is 67.0 Å². The number of rotatable bonds is 6. The van der Waals surface area contributed by atoms with Crippen LogP contribution in [-0.4, -0.2) is 46.5 Å². The predicted molar refractivity (Wildman–Crippen MR) is 140 cm³/mol. The fourth-order valence-electron chi connectivity index (χ4n) is 5.42. The molecule has 0 saturated heterocycles. The fourth-order valence-corrected chi connectivity index (χ4v) is 5.42. The summed E-state index contributed by atoms with van der Waals surface area (Å²) in [5.74, 6) is 1.30. The van der Waals surface area contributed by atoms with Gasteiger partial charge in [-0.15, -0.1) is 0 Å². The third kappa shape index (κ3) is 4.64. The van der Waals surface area contributed by atoms with Gasteiger partial charge in [0.2, 0.25) is 11.9 Å². The highest BCUT2D eigenvalue weighted by Gasteiger charge is 2.48. The average molecular weight is 459 g/mol. The van der Waals surface area contributed by atoms with Crippen LogP contribution in [0.4, 0.5) is 11.9 Å². The Morgan fingerprint density at radius 2 is 1.24 bits per heavy atom. The van der Waals surface area contributed by atoms with Gasteiger partial charge in [0.25, 0.3) is 0 Å². The van der Waals surface area contributed by atoms with E-state index in [9.17, 15) is 0 Å². The van der Waals surface area contributed by atoms with E-state index in [0.29, 0.717) is 11.9 Å². The normalized spacial score (nSPS) is 23.0. The number of aromatic nitrogens is 3. The van der Waals surface area contributed by atoms with E-state index in [1.807, 2.05) is 0 Å². The maximum absolute atomic E-state index is 4.82. The van der Waals surface area contributed by atoms with Crippen LogP contribution in [0, 0.1) is 0 Å². The maximum atomic E-state index is 4.82. The van der Waals surface area contributed by atoms with E-state index in [2.05, 4.69) is 128 Å². The Hall–Kier alpha value is -2.99. The number of nitrogens with zero attached hydrogens (tertiary/aromatic N) is 5. The van der Waals surface area contributed by atoms with Gasteiger partial charge in [-0.05, 0) is 71.7 Å². The second-order valence-corrected chi connectivity index (χ2v) is 10.7. The molecule has 1 heterocycles. The first-order valence-electron chi connectivity index (χ1n) is 12.2. The predicted octanol–water partition coefficient (Wildman–Crippen LogP) is 5.44. The number of anilines is 2. The van der Waals surface area contributed by atoms with Crippen molar-refractivity contribution in [3.8, 4) is 0 Å². The molecule has 0 amide bonds. The standard InChI is InChI=1S/C28H38N6/c1-26(2,3)32-24-29-21-30-25(31-24)34(6)28(23-15-11-8-12-16-23)19-17-27(18-20-28,33(4)5)22-13-9-7-10-14-22/h7-16,21H,17-20H2,1-6H3,(H,29,30,31,32). The second kappa shape index (κ2) is 9.34. The van der Waals surface area contributed by atoms with Crippen molar-refractivity contribution in [3.05, 3.63) is 78.1 Å². The summed E-state index contributed by atoms with van der Waals surface area (Å²) in [5.41, 5.74) is 2.39. The molecule has 3 aromatic rings. The van der Waals surface area contributed by atoms with Crippen LogP contribution in [0.3, 0.4) is 0 Å². The Labute approximate surface area is 204 Å². The van der Waals surface area contributed by atoms with Crippen LogP contribution >= 0.6 is 0 Å². The van der Waals surface area contributed by atoms with Gasteiger partial charge < -0.3 is 10.2 Å². The molecule has 0 atom stereocenters. The van der Waals surface area contributed by atoms with E-state index < -0.39 is 0 Å². The molecule has 0 spiro atoms. The summed E-state index contributed by atoms with van der Waals surface area (Å²) in [6.45, 7) is 6.32. The first-order valence-corrected chi connectivity index (χ1v) is 12.2. The lowest BCUT2D eigenvalue weighted by molar-refractivity contribution is 0.0642. The summed E-state index contributed by atoms with van der Waals surface area (Å²) in [5, 5.41) is 3.39. The lowest BCUT2D eigenvalue weighted by atomic mass is 9.66. The van der Waals surface area contributed by atoms with Gasteiger partial charge in [0.15, 0.2) is 0 Å². The van der Waals surface area contributed by atoms with Gasteiger partial charge in [-0.25, -0.2) is 9.97 Å². The molecule has 2 aromatic carbocycles. The first kappa shape index (κ1) is 24.1. The van der Waals surface area contributed by atoms with Gasteiger partial charge in [-0.1, -0.05) is 60.7 Å². The molecule has 0 unspecified atom stereocenters. The van der Waals surface area contributed by atoms with Crippen molar-refractivity contribution >= 4 is 11.9 Å². The highest BCUT2D eigenvalue weighted by atomic mass is 15.3. The largest absolute Gasteiger partial charge is 0.349 e. The number of nitrogens with one attached hydrogen (secondary N) is 1. The van der Waals surface area contributed by atoms with Crippen molar-refractivity contribution in [3.63, 3.8) is 0 Å². The second-order valence-electron chi connectivity index (χ2n) is 10.7. The van der Waals surface area contributed by atoms with Gasteiger partial charge in [-0.2, -0.15) is 4.98 Å². The molecular formula is C28H38N6. The molecule has 1 fully saturated rings. The molecular weight excluding hydrogens is 420 g/mol. The Bertz CT molecular complexity index is 1070. The molecule has 0 aliphatic heterocycles. The lowest BCUT2D eigenvalue weighted by Crippen LogP contribution is -2.54. The zero-order valence-corrected chi connectivity index (χ0v) is 21.4. The number of hydrogen-bond acceptors (Lipinski definition) is 6. The molecule has 0 bridgehead atoms. The van der Waals surface area contributed by atoms with Crippen LogP contribution in [0.2, 0.25) is 0 Å². The topological polar surface area (TPSA) is 57.2 Å². The van der Waals surface area contributed by atoms with Gasteiger partial charge in [0.1, 0.15) is 6.33 Å². The molecule has 0 radical (unpaired) electrons. The number of benzene rings is 2. The molecule has 1 saturated carbocycles. The third-order valence-electron chi connectivity index (χ3n) is 7.37. The van der Waals surface area contributed by atoms with E-state index in [-0.39, 0.29) is 16.6 Å². The van der Waals surface area contributed by atoms with Gasteiger partial charge >= 0.3 is 0 Å². The smallest absolute Gasteiger partial charge is 0.230 e. The summed E-state index contributed by atoms with van der Waals surface area (Å²) in [6.07, 6.45) is 5.69. The summed E-state index contributed by atoms with van der Waals surface area (Å²) >= 11 is 0. The van der Waals surface area contributed by atoms with Crippen molar-refractivity contribution in [2.45, 2.75) is 63.1 Å². The van der Waals surface area contributed by atoms with E-state index in [4.69, 9.17) is 4.98 Å². The Balaban J connectivity index is 1.72. The van der Waals surface area contributed by atoms with Crippen molar-refractivity contribution in [1.29, 1.82) is 0 Å². The summed E-state index contributed by atoms with van der Waals surface area (Å²) in [7, 11) is 6.56. The van der Waals surface area contributed by atoms with Crippen LogP contribution in [0.1, 0.15) is 57.6 Å².